The minimum atomic E-state index is 0.222. The van der Waals surface area contributed by atoms with Gasteiger partial charge in [-0.2, -0.15) is 0 Å². The second-order valence-electron chi connectivity index (χ2n) is 3.49. The number of rotatable bonds is 3. The summed E-state index contributed by atoms with van der Waals surface area (Å²) in [6.45, 7) is 2.08. The molecule has 0 saturated heterocycles. The van der Waals surface area contributed by atoms with Crippen molar-refractivity contribution in [1.82, 2.24) is 14.7 Å². The number of nitrogens with zero attached hydrogens (tertiary/aromatic N) is 2. The highest BCUT2D eigenvalue weighted by Crippen LogP contribution is 2.18. The van der Waals surface area contributed by atoms with E-state index >= 15 is 0 Å². The lowest BCUT2D eigenvalue weighted by molar-refractivity contribution is 0.412. The summed E-state index contributed by atoms with van der Waals surface area (Å²) in [5.41, 5.74) is 1.08. The van der Waals surface area contributed by atoms with Crippen LogP contribution in [0.3, 0.4) is 0 Å². The summed E-state index contributed by atoms with van der Waals surface area (Å²) in [4.78, 5) is 4.39. The van der Waals surface area contributed by atoms with Gasteiger partial charge < -0.3 is 10.1 Å². The molecule has 0 spiro atoms. The second kappa shape index (κ2) is 3.90. The first kappa shape index (κ1) is 9.98. The van der Waals surface area contributed by atoms with Crippen LogP contribution in [0.5, 0.6) is 5.75 Å². The van der Waals surface area contributed by atoms with E-state index < -0.39 is 0 Å². The highest BCUT2D eigenvalue weighted by atomic mass is 16.5. The third-order valence-corrected chi connectivity index (χ3v) is 2.58. The molecule has 2 heterocycles. The Balaban J connectivity index is 2.56. The summed E-state index contributed by atoms with van der Waals surface area (Å²) in [5.74, 6) is 1.83. The number of fused-ring (bicyclic) bond motifs is 1. The van der Waals surface area contributed by atoms with E-state index in [1.807, 2.05) is 36.0 Å². The molecule has 0 aromatic carbocycles. The fraction of sp³-hybridized carbons (Fsp3) is 0.364. The van der Waals surface area contributed by atoms with Gasteiger partial charge in [-0.25, -0.2) is 4.98 Å². The summed E-state index contributed by atoms with van der Waals surface area (Å²) < 4.78 is 7.23. The fourth-order valence-corrected chi connectivity index (χ4v) is 1.56. The van der Waals surface area contributed by atoms with E-state index in [-0.39, 0.29) is 6.04 Å². The van der Waals surface area contributed by atoms with Crippen molar-refractivity contribution in [3.8, 4) is 5.75 Å². The molecule has 2 rings (SSSR count). The predicted octanol–water partition coefficient (Wildman–Crippen LogP) is 1.62. The van der Waals surface area contributed by atoms with Crippen LogP contribution in [-0.2, 0) is 0 Å². The van der Waals surface area contributed by atoms with Crippen molar-refractivity contribution in [3.05, 3.63) is 30.4 Å². The van der Waals surface area contributed by atoms with Crippen molar-refractivity contribution in [2.45, 2.75) is 13.0 Å². The van der Waals surface area contributed by atoms with Crippen LogP contribution in [0.1, 0.15) is 18.8 Å². The number of ether oxygens (including phenoxy) is 1. The molecule has 1 N–H and O–H groups in total. The zero-order valence-electron chi connectivity index (χ0n) is 9.19. The van der Waals surface area contributed by atoms with Gasteiger partial charge in [-0.3, -0.25) is 4.40 Å². The molecule has 2 aromatic heterocycles. The fourth-order valence-electron chi connectivity index (χ4n) is 1.56. The number of pyridine rings is 1. The Morgan fingerprint density at radius 3 is 2.93 bits per heavy atom. The van der Waals surface area contributed by atoms with Gasteiger partial charge in [0.2, 0.25) is 0 Å². The average molecular weight is 205 g/mol. The van der Waals surface area contributed by atoms with Gasteiger partial charge in [0.1, 0.15) is 11.6 Å². The van der Waals surface area contributed by atoms with E-state index in [0.717, 1.165) is 17.1 Å². The summed E-state index contributed by atoms with van der Waals surface area (Å²) in [6.07, 6.45) is 3.81. The van der Waals surface area contributed by atoms with Gasteiger partial charge in [0.15, 0.2) is 0 Å². The third kappa shape index (κ3) is 1.68. The lowest BCUT2D eigenvalue weighted by Gasteiger charge is -2.09. The van der Waals surface area contributed by atoms with Crippen LogP contribution in [0.25, 0.3) is 5.52 Å². The molecule has 80 valence electrons. The van der Waals surface area contributed by atoms with Crippen LogP contribution in [0.4, 0.5) is 0 Å². The zero-order chi connectivity index (χ0) is 10.8. The van der Waals surface area contributed by atoms with Crippen LogP contribution < -0.4 is 10.1 Å². The van der Waals surface area contributed by atoms with E-state index in [1.165, 1.54) is 0 Å². The summed E-state index contributed by atoms with van der Waals surface area (Å²) in [7, 11) is 3.59. The SMILES string of the molecule is CNC(C)c1ncc2ccc(OC)cn12. The minimum absolute atomic E-state index is 0.222. The topological polar surface area (TPSA) is 38.6 Å². The molecule has 0 amide bonds. The Labute approximate surface area is 88.9 Å². The smallest absolute Gasteiger partial charge is 0.135 e. The van der Waals surface area contributed by atoms with E-state index in [1.54, 1.807) is 7.11 Å². The Morgan fingerprint density at radius 1 is 1.47 bits per heavy atom. The number of imidazole rings is 1. The molecule has 0 aliphatic rings. The molecule has 0 fully saturated rings. The third-order valence-electron chi connectivity index (χ3n) is 2.58. The predicted molar refractivity (Wildman–Crippen MR) is 59.2 cm³/mol. The Hall–Kier alpha value is -1.55. The molecule has 1 unspecified atom stereocenters. The normalized spacial score (nSPS) is 13.0. The Kier molecular flexibility index (Phi) is 2.60. The van der Waals surface area contributed by atoms with Crippen LogP contribution in [-0.4, -0.2) is 23.5 Å². The first-order valence-corrected chi connectivity index (χ1v) is 4.94. The van der Waals surface area contributed by atoms with E-state index in [2.05, 4.69) is 17.2 Å². The molecule has 15 heavy (non-hydrogen) atoms. The van der Waals surface area contributed by atoms with Crippen LogP contribution >= 0.6 is 0 Å². The molecule has 0 saturated carbocycles. The van der Waals surface area contributed by atoms with Crippen molar-refractivity contribution in [2.75, 3.05) is 14.2 Å². The standard InChI is InChI=1S/C11H15N3O/c1-8(12-2)11-13-6-9-4-5-10(15-3)7-14(9)11/h4-8,12H,1-3H3. The number of methoxy groups -OCH3 is 1. The summed E-state index contributed by atoms with van der Waals surface area (Å²) in [5, 5.41) is 3.17. The molecule has 4 nitrogen and oxygen atoms in total. The zero-order valence-corrected chi connectivity index (χ0v) is 9.19. The van der Waals surface area contributed by atoms with Crippen molar-refractivity contribution in [3.63, 3.8) is 0 Å². The monoisotopic (exact) mass is 205 g/mol. The van der Waals surface area contributed by atoms with E-state index in [9.17, 15) is 0 Å². The average Bonchev–Trinajstić information content (AvgIpc) is 2.70. The van der Waals surface area contributed by atoms with E-state index in [0.29, 0.717) is 0 Å². The van der Waals surface area contributed by atoms with Crippen LogP contribution in [0.15, 0.2) is 24.5 Å². The van der Waals surface area contributed by atoms with Crippen molar-refractivity contribution in [2.24, 2.45) is 0 Å². The van der Waals surface area contributed by atoms with Gasteiger partial charge in [0.25, 0.3) is 0 Å². The second-order valence-corrected chi connectivity index (χ2v) is 3.49. The molecule has 4 heteroatoms. The maximum atomic E-state index is 5.19. The molecular weight excluding hydrogens is 190 g/mol. The van der Waals surface area contributed by atoms with Gasteiger partial charge in [0.05, 0.1) is 31.1 Å². The molecule has 0 bridgehead atoms. The maximum absolute atomic E-state index is 5.19. The molecule has 0 aliphatic carbocycles. The van der Waals surface area contributed by atoms with Gasteiger partial charge in [-0.05, 0) is 26.1 Å². The summed E-state index contributed by atoms with van der Waals surface area (Å²) in [6, 6.07) is 4.15. The molecule has 1 atom stereocenters. The van der Waals surface area contributed by atoms with Crippen LogP contribution in [0.2, 0.25) is 0 Å². The molecular formula is C11H15N3O. The van der Waals surface area contributed by atoms with Crippen molar-refractivity contribution >= 4 is 5.52 Å². The molecule has 0 aliphatic heterocycles. The van der Waals surface area contributed by atoms with E-state index in [4.69, 9.17) is 4.74 Å². The van der Waals surface area contributed by atoms with Crippen molar-refractivity contribution < 1.29 is 4.74 Å². The number of hydrogen-bond donors (Lipinski definition) is 1. The number of hydrogen-bond acceptors (Lipinski definition) is 3. The quantitative estimate of drug-likeness (QED) is 0.827. The number of aromatic nitrogens is 2. The van der Waals surface area contributed by atoms with Gasteiger partial charge in [-0.1, -0.05) is 0 Å². The number of nitrogens with one attached hydrogen (secondary N) is 1. The van der Waals surface area contributed by atoms with Gasteiger partial charge >= 0.3 is 0 Å². The molecule has 2 aromatic rings. The highest BCUT2D eigenvalue weighted by molar-refractivity contribution is 5.48. The Bertz CT molecular complexity index is 464. The highest BCUT2D eigenvalue weighted by Gasteiger charge is 2.09. The maximum Gasteiger partial charge on any atom is 0.135 e. The molecule has 0 radical (unpaired) electrons. The lowest BCUT2D eigenvalue weighted by atomic mass is 10.3. The largest absolute Gasteiger partial charge is 0.495 e. The minimum Gasteiger partial charge on any atom is -0.495 e. The first-order valence-electron chi connectivity index (χ1n) is 4.94. The Morgan fingerprint density at radius 2 is 2.27 bits per heavy atom. The van der Waals surface area contributed by atoms with Gasteiger partial charge in [-0.15, -0.1) is 0 Å². The van der Waals surface area contributed by atoms with Crippen molar-refractivity contribution in [1.29, 1.82) is 0 Å². The lowest BCUT2D eigenvalue weighted by Crippen LogP contribution is -2.15. The van der Waals surface area contributed by atoms with Gasteiger partial charge in [0, 0.05) is 0 Å². The summed E-state index contributed by atoms with van der Waals surface area (Å²) >= 11 is 0. The first-order chi connectivity index (χ1) is 7.26. The van der Waals surface area contributed by atoms with Crippen LogP contribution in [0, 0.1) is 0 Å².